The van der Waals surface area contributed by atoms with Gasteiger partial charge in [0.25, 0.3) is 5.69 Å². The quantitative estimate of drug-likeness (QED) is 0.673. The molecule has 2 rings (SSSR count). The predicted octanol–water partition coefficient (Wildman–Crippen LogP) is 4.17. The summed E-state index contributed by atoms with van der Waals surface area (Å²) in [5.74, 6) is 0. The lowest BCUT2D eigenvalue weighted by molar-refractivity contribution is -0.385. The number of nitrogens with one attached hydrogen (secondary N) is 1. The maximum atomic E-state index is 10.8. The number of rotatable bonds is 4. The third kappa shape index (κ3) is 3.45. The number of benzene rings is 2. The van der Waals surface area contributed by atoms with Crippen LogP contribution in [-0.2, 0) is 6.54 Å². The Kier molecular flexibility index (Phi) is 4.02. The lowest BCUT2D eigenvalue weighted by Gasteiger charge is -2.07. The van der Waals surface area contributed by atoms with Gasteiger partial charge in [-0.25, -0.2) is 0 Å². The Morgan fingerprint density at radius 1 is 1.21 bits per heavy atom. The van der Waals surface area contributed by atoms with Gasteiger partial charge in [-0.05, 0) is 30.7 Å². The molecule has 0 radical (unpaired) electrons. The number of aryl methyl sites for hydroxylation is 1. The monoisotopic (exact) mass is 276 g/mol. The molecule has 2 aromatic rings. The van der Waals surface area contributed by atoms with Crippen LogP contribution in [0.15, 0.2) is 42.5 Å². The SMILES string of the molecule is Cc1ccc(NCc2ccc(Cl)cc2)cc1[N+](=O)[O-]. The minimum atomic E-state index is -0.372. The van der Waals surface area contributed by atoms with Crippen LogP contribution in [0.3, 0.4) is 0 Å². The molecule has 0 spiro atoms. The zero-order valence-electron chi connectivity index (χ0n) is 10.4. The highest BCUT2D eigenvalue weighted by atomic mass is 35.5. The molecule has 0 amide bonds. The molecule has 5 heteroatoms. The molecule has 0 unspecified atom stereocenters. The van der Waals surface area contributed by atoms with Gasteiger partial charge in [-0.15, -0.1) is 0 Å². The fourth-order valence-corrected chi connectivity index (χ4v) is 1.85. The molecule has 0 heterocycles. The average molecular weight is 277 g/mol. The van der Waals surface area contributed by atoms with E-state index in [2.05, 4.69) is 5.32 Å². The number of halogens is 1. The largest absolute Gasteiger partial charge is 0.381 e. The van der Waals surface area contributed by atoms with Gasteiger partial charge in [-0.1, -0.05) is 29.8 Å². The summed E-state index contributed by atoms with van der Waals surface area (Å²) in [6.45, 7) is 2.32. The van der Waals surface area contributed by atoms with E-state index >= 15 is 0 Å². The fourth-order valence-electron chi connectivity index (χ4n) is 1.72. The van der Waals surface area contributed by atoms with Crippen LogP contribution in [0.5, 0.6) is 0 Å². The van der Waals surface area contributed by atoms with Crippen LogP contribution in [0.2, 0.25) is 5.02 Å². The second-order valence-corrected chi connectivity index (χ2v) is 4.67. The van der Waals surface area contributed by atoms with E-state index in [1.807, 2.05) is 30.3 Å². The highest BCUT2D eigenvalue weighted by Crippen LogP contribution is 2.22. The van der Waals surface area contributed by atoms with Gasteiger partial charge in [0.1, 0.15) is 0 Å². The maximum Gasteiger partial charge on any atom is 0.274 e. The maximum absolute atomic E-state index is 10.8. The number of anilines is 1. The highest BCUT2D eigenvalue weighted by molar-refractivity contribution is 6.30. The Labute approximate surface area is 116 Å². The van der Waals surface area contributed by atoms with Gasteiger partial charge in [0.15, 0.2) is 0 Å². The molecule has 0 aliphatic rings. The second kappa shape index (κ2) is 5.71. The molecule has 0 saturated carbocycles. The van der Waals surface area contributed by atoms with Crippen molar-refractivity contribution in [2.24, 2.45) is 0 Å². The summed E-state index contributed by atoms with van der Waals surface area (Å²) in [5, 5.41) is 14.7. The first kappa shape index (κ1) is 13.4. The normalized spacial score (nSPS) is 10.2. The topological polar surface area (TPSA) is 55.2 Å². The molecule has 0 bridgehead atoms. The number of nitro groups is 1. The third-order valence-electron chi connectivity index (χ3n) is 2.82. The minimum Gasteiger partial charge on any atom is -0.381 e. The number of hydrogen-bond donors (Lipinski definition) is 1. The van der Waals surface area contributed by atoms with E-state index in [9.17, 15) is 10.1 Å². The smallest absolute Gasteiger partial charge is 0.274 e. The van der Waals surface area contributed by atoms with Gasteiger partial charge in [-0.2, -0.15) is 0 Å². The van der Waals surface area contributed by atoms with Crippen molar-refractivity contribution in [3.63, 3.8) is 0 Å². The second-order valence-electron chi connectivity index (χ2n) is 4.24. The van der Waals surface area contributed by atoms with Crippen LogP contribution < -0.4 is 5.32 Å². The van der Waals surface area contributed by atoms with E-state index in [4.69, 9.17) is 11.6 Å². The summed E-state index contributed by atoms with van der Waals surface area (Å²) >= 11 is 5.81. The van der Waals surface area contributed by atoms with Crippen molar-refractivity contribution in [3.05, 3.63) is 68.7 Å². The molecular formula is C14H13ClN2O2. The summed E-state index contributed by atoms with van der Waals surface area (Å²) in [7, 11) is 0. The third-order valence-corrected chi connectivity index (χ3v) is 3.07. The van der Waals surface area contributed by atoms with Gasteiger partial charge >= 0.3 is 0 Å². The molecule has 0 aliphatic carbocycles. The summed E-state index contributed by atoms with van der Waals surface area (Å²) < 4.78 is 0. The van der Waals surface area contributed by atoms with E-state index in [-0.39, 0.29) is 10.6 Å². The van der Waals surface area contributed by atoms with Gasteiger partial charge < -0.3 is 5.32 Å². The Morgan fingerprint density at radius 2 is 1.89 bits per heavy atom. The van der Waals surface area contributed by atoms with Crippen molar-refractivity contribution >= 4 is 23.0 Å². The Bertz CT molecular complexity index is 597. The first-order valence-electron chi connectivity index (χ1n) is 5.79. The van der Waals surface area contributed by atoms with Crippen molar-refractivity contribution in [2.45, 2.75) is 13.5 Å². The molecule has 1 N–H and O–H groups in total. The highest BCUT2D eigenvalue weighted by Gasteiger charge is 2.10. The first-order valence-corrected chi connectivity index (χ1v) is 6.17. The van der Waals surface area contributed by atoms with Crippen molar-refractivity contribution in [1.82, 2.24) is 0 Å². The molecule has 2 aromatic carbocycles. The Hall–Kier alpha value is -2.07. The van der Waals surface area contributed by atoms with Crippen LogP contribution >= 0.6 is 11.6 Å². The van der Waals surface area contributed by atoms with Gasteiger partial charge in [-0.3, -0.25) is 10.1 Å². The van der Waals surface area contributed by atoms with Crippen LogP contribution in [0, 0.1) is 17.0 Å². The van der Waals surface area contributed by atoms with E-state index in [1.54, 1.807) is 19.1 Å². The van der Waals surface area contributed by atoms with Gasteiger partial charge in [0, 0.05) is 28.9 Å². The zero-order valence-corrected chi connectivity index (χ0v) is 11.1. The van der Waals surface area contributed by atoms with Crippen LogP contribution in [0.25, 0.3) is 0 Å². The van der Waals surface area contributed by atoms with Crippen molar-refractivity contribution in [2.75, 3.05) is 5.32 Å². The molecule has 4 nitrogen and oxygen atoms in total. The fraction of sp³-hybridized carbons (Fsp3) is 0.143. The molecule has 0 aromatic heterocycles. The number of hydrogen-bond acceptors (Lipinski definition) is 3. The molecule has 0 fully saturated rings. The minimum absolute atomic E-state index is 0.126. The molecule has 98 valence electrons. The van der Waals surface area contributed by atoms with Crippen LogP contribution in [0.1, 0.15) is 11.1 Å². The lowest BCUT2D eigenvalue weighted by Crippen LogP contribution is -2.00. The van der Waals surface area contributed by atoms with Crippen molar-refractivity contribution in [1.29, 1.82) is 0 Å². The summed E-state index contributed by atoms with van der Waals surface area (Å²) in [6, 6.07) is 12.6. The molecule has 0 aliphatic heterocycles. The number of nitro benzene ring substituents is 1. The van der Waals surface area contributed by atoms with E-state index in [0.29, 0.717) is 17.1 Å². The molecule has 0 atom stereocenters. The predicted molar refractivity (Wildman–Crippen MR) is 76.6 cm³/mol. The first-order chi connectivity index (χ1) is 9.06. The van der Waals surface area contributed by atoms with Crippen molar-refractivity contribution in [3.8, 4) is 0 Å². The Balaban J connectivity index is 2.09. The van der Waals surface area contributed by atoms with E-state index in [1.165, 1.54) is 0 Å². The lowest BCUT2D eigenvalue weighted by atomic mass is 10.1. The van der Waals surface area contributed by atoms with Gasteiger partial charge in [0.05, 0.1) is 4.92 Å². The van der Waals surface area contributed by atoms with Gasteiger partial charge in [0.2, 0.25) is 0 Å². The van der Waals surface area contributed by atoms with Crippen LogP contribution in [-0.4, -0.2) is 4.92 Å². The summed E-state index contributed by atoms with van der Waals surface area (Å²) in [4.78, 5) is 10.5. The number of nitrogens with zero attached hydrogens (tertiary/aromatic N) is 1. The van der Waals surface area contributed by atoms with E-state index in [0.717, 1.165) is 11.3 Å². The summed E-state index contributed by atoms with van der Waals surface area (Å²) in [6.07, 6.45) is 0. The standard InChI is InChI=1S/C14H13ClN2O2/c1-10-2-7-13(8-14(10)17(18)19)16-9-11-3-5-12(15)6-4-11/h2-8,16H,9H2,1H3. The van der Waals surface area contributed by atoms with E-state index < -0.39 is 0 Å². The van der Waals surface area contributed by atoms with Crippen LogP contribution in [0.4, 0.5) is 11.4 Å². The van der Waals surface area contributed by atoms with Crippen molar-refractivity contribution < 1.29 is 4.92 Å². The zero-order chi connectivity index (χ0) is 13.8. The average Bonchev–Trinajstić information content (AvgIpc) is 2.39. The summed E-state index contributed by atoms with van der Waals surface area (Å²) in [5.41, 5.74) is 2.57. The molecule has 0 saturated heterocycles. The Morgan fingerprint density at radius 3 is 2.53 bits per heavy atom. The molecular weight excluding hydrogens is 264 g/mol. The molecule has 19 heavy (non-hydrogen) atoms.